The quantitative estimate of drug-likeness (QED) is 0.806. The largest absolute Gasteiger partial charge is 0.330 e. The van der Waals surface area contributed by atoms with Crippen molar-refractivity contribution >= 4 is 0 Å². The van der Waals surface area contributed by atoms with Gasteiger partial charge in [-0.3, -0.25) is 0 Å². The molecule has 0 saturated carbocycles. The summed E-state index contributed by atoms with van der Waals surface area (Å²) in [7, 11) is 0. The molecule has 84 valence electrons. The van der Waals surface area contributed by atoms with E-state index in [2.05, 4.69) is 52.0 Å². The minimum atomic E-state index is 0.248. The summed E-state index contributed by atoms with van der Waals surface area (Å²) in [5.41, 5.74) is 8.65. The van der Waals surface area contributed by atoms with Crippen LogP contribution >= 0.6 is 0 Å². The van der Waals surface area contributed by atoms with Crippen molar-refractivity contribution in [2.24, 2.45) is 11.7 Å². The van der Waals surface area contributed by atoms with Gasteiger partial charge in [0.25, 0.3) is 0 Å². The normalized spacial score (nSPS) is 13.9. The van der Waals surface area contributed by atoms with Gasteiger partial charge < -0.3 is 5.73 Å². The summed E-state index contributed by atoms with van der Waals surface area (Å²) in [5.74, 6) is 0.575. The molecule has 1 atom stereocenters. The van der Waals surface area contributed by atoms with E-state index in [4.69, 9.17) is 5.73 Å². The lowest BCUT2D eigenvalue weighted by atomic mass is 9.86. The van der Waals surface area contributed by atoms with Gasteiger partial charge >= 0.3 is 0 Å². The third-order valence-electron chi connectivity index (χ3n) is 2.81. The highest BCUT2D eigenvalue weighted by Crippen LogP contribution is 2.22. The maximum absolute atomic E-state index is 5.62. The molecule has 1 nitrogen and oxygen atoms in total. The smallest absolute Gasteiger partial charge is 0.00483 e. The van der Waals surface area contributed by atoms with Crippen molar-refractivity contribution < 1.29 is 0 Å². The topological polar surface area (TPSA) is 26.0 Å². The molecule has 1 aromatic rings. The highest BCUT2D eigenvalue weighted by molar-refractivity contribution is 5.27. The average molecular weight is 205 g/mol. The molecule has 15 heavy (non-hydrogen) atoms. The van der Waals surface area contributed by atoms with Crippen molar-refractivity contribution in [2.45, 2.75) is 39.5 Å². The van der Waals surface area contributed by atoms with Crippen LogP contribution in [-0.4, -0.2) is 6.54 Å². The molecule has 0 fully saturated rings. The van der Waals surface area contributed by atoms with Crippen LogP contribution in [0.25, 0.3) is 0 Å². The predicted molar refractivity (Wildman–Crippen MR) is 67.1 cm³/mol. The lowest BCUT2D eigenvalue weighted by molar-refractivity contribution is 0.583. The molecule has 1 unspecified atom stereocenters. The molecule has 0 aliphatic carbocycles. The Morgan fingerprint density at radius 1 is 1.13 bits per heavy atom. The molecule has 0 heterocycles. The zero-order valence-corrected chi connectivity index (χ0v) is 10.4. The summed E-state index contributed by atoms with van der Waals surface area (Å²) in [6, 6.07) is 8.93. The van der Waals surface area contributed by atoms with E-state index in [1.54, 1.807) is 0 Å². The van der Waals surface area contributed by atoms with Crippen LogP contribution in [0.2, 0.25) is 0 Å². The van der Waals surface area contributed by atoms with Crippen LogP contribution in [0.1, 0.15) is 38.8 Å². The summed E-state index contributed by atoms with van der Waals surface area (Å²) in [6.45, 7) is 9.68. The maximum Gasteiger partial charge on any atom is -0.00483 e. The van der Waals surface area contributed by atoms with Gasteiger partial charge in [0.2, 0.25) is 0 Å². The van der Waals surface area contributed by atoms with Crippen LogP contribution in [0.15, 0.2) is 24.3 Å². The molecule has 0 aliphatic heterocycles. The average Bonchev–Trinajstić information content (AvgIpc) is 2.17. The van der Waals surface area contributed by atoms with Gasteiger partial charge in [0.1, 0.15) is 0 Å². The van der Waals surface area contributed by atoms with Crippen LogP contribution in [0, 0.1) is 5.92 Å². The standard InChI is InChI=1S/C14H23N/c1-11(10-15)9-12-5-7-13(8-6-12)14(2,3)4/h5-8,11H,9-10,15H2,1-4H3. The fourth-order valence-corrected chi connectivity index (χ4v) is 1.63. The Balaban J connectivity index is 2.73. The van der Waals surface area contributed by atoms with Crippen molar-refractivity contribution in [2.75, 3.05) is 6.54 Å². The summed E-state index contributed by atoms with van der Waals surface area (Å²) in [5, 5.41) is 0. The summed E-state index contributed by atoms with van der Waals surface area (Å²) in [6.07, 6.45) is 1.08. The monoisotopic (exact) mass is 205 g/mol. The van der Waals surface area contributed by atoms with E-state index in [-0.39, 0.29) is 5.41 Å². The SMILES string of the molecule is CC(CN)Cc1ccc(C(C)(C)C)cc1. The number of hydrogen-bond acceptors (Lipinski definition) is 1. The predicted octanol–water partition coefficient (Wildman–Crippen LogP) is 3.12. The van der Waals surface area contributed by atoms with Crippen LogP contribution in [-0.2, 0) is 11.8 Å². The molecule has 0 aliphatic rings. The van der Waals surface area contributed by atoms with Crippen LogP contribution in [0.5, 0.6) is 0 Å². The third kappa shape index (κ3) is 3.67. The Bertz CT molecular complexity index is 292. The first-order valence-electron chi connectivity index (χ1n) is 5.73. The molecule has 0 bridgehead atoms. The highest BCUT2D eigenvalue weighted by atomic mass is 14.5. The lowest BCUT2D eigenvalue weighted by Gasteiger charge is -2.19. The third-order valence-corrected chi connectivity index (χ3v) is 2.81. The maximum atomic E-state index is 5.62. The summed E-state index contributed by atoms with van der Waals surface area (Å²) in [4.78, 5) is 0. The number of nitrogens with two attached hydrogens (primary N) is 1. The lowest BCUT2D eigenvalue weighted by Crippen LogP contribution is -2.14. The fourth-order valence-electron chi connectivity index (χ4n) is 1.63. The Hall–Kier alpha value is -0.820. The van der Waals surface area contributed by atoms with Gasteiger partial charge in [0, 0.05) is 0 Å². The second-order valence-electron chi connectivity index (χ2n) is 5.49. The Labute approximate surface area is 93.7 Å². The van der Waals surface area contributed by atoms with E-state index < -0.39 is 0 Å². The van der Waals surface area contributed by atoms with Crippen LogP contribution in [0.4, 0.5) is 0 Å². The van der Waals surface area contributed by atoms with Gasteiger partial charge in [-0.2, -0.15) is 0 Å². The van der Waals surface area contributed by atoms with Gasteiger partial charge in [-0.15, -0.1) is 0 Å². The van der Waals surface area contributed by atoms with Crippen molar-refractivity contribution in [1.82, 2.24) is 0 Å². The Morgan fingerprint density at radius 2 is 1.67 bits per heavy atom. The summed E-state index contributed by atoms with van der Waals surface area (Å²) >= 11 is 0. The molecule has 0 aromatic heterocycles. The second kappa shape index (κ2) is 4.80. The molecule has 1 rings (SSSR count). The van der Waals surface area contributed by atoms with Crippen molar-refractivity contribution in [3.8, 4) is 0 Å². The Morgan fingerprint density at radius 3 is 2.07 bits per heavy atom. The summed E-state index contributed by atoms with van der Waals surface area (Å²) < 4.78 is 0. The minimum Gasteiger partial charge on any atom is -0.330 e. The van der Waals surface area contributed by atoms with E-state index in [0.29, 0.717) is 5.92 Å². The Kier molecular flexibility index (Phi) is 3.92. The molecular weight excluding hydrogens is 182 g/mol. The van der Waals surface area contributed by atoms with E-state index >= 15 is 0 Å². The van der Waals surface area contributed by atoms with Crippen LogP contribution in [0.3, 0.4) is 0 Å². The van der Waals surface area contributed by atoms with Crippen LogP contribution < -0.4 is 5.73 Å². The first-order chi connectivity index (χ1) is 6.93. The zero-order valence-electron chi connectivity index (χ0n) is 10.4. The van der Waals surface area contributed by atoms with Crippen molar-refractivity contribution in [3.63, 3.8) is 0 Å². The molecule has 2 N–H and O–H groups in total. The van der Waals surface area contributed by atoms with Crippen molar-refractivity contribution in [1.29, 1.82) is 0 Å². The number of hydrogen-bond donors (Lipinski definition) is 1. The van der Waals surface area contributed by atoms with Gasteiger partial charge in [0.05, 0.1) is 0 Å². The molecule has 1 aromatic carbocycles. The first kappa shape index (κ1) is 12.3. The van der Waals surface area contributed by atoms with E-state index in [1.807, 2.05) is 0 Å². The van der Waals surface area contributed by atoms with Crippen molar-refractivity contribution in [3.05, 3.63) is 35.4 Å². The van der Waals surface area contributed by atoms with E-state index in [1.165, 1.54) is 11.1 Å². The number of rotatable bonds is 3. The molecule has 0 amide bonds. The van der Waals surface area contributed by atoms with Gasteiger partial charge in [-0.1, -0.05) is 52.0 Å². The van der Waals surface area contributed by atoms with Gasteiger partial charge in [-0.05, 0) is 35.4 Å². The fraction of sp³-hybridized carbons (Fsp3) is 0.571. The zero-order chi connectivity index (χ0) is 11.5. The number of benzene rings is 1. The molecule has 0 radical (unpaired) electrons. The van der Waals surface area contributed by atoms with Gasteiger partial charge in [-0.25, -0.2) is 0 Å². The minimum absolute atomic E-state index is 0.248. The van der Waals surface area contributed by atoms with Gasteiger partial charge in [0.15, 0.2) is 0 Å². The second-order valence-corrected chi connectivity index (χ2v) is 5.49. The molecule has 1 heteroatoms. The van der Waals surface area contributed by atoms with E-state index in [0.717, 1.165) is 13.0 Å². The first-order valence-corrected chi connectivity index (χ1v) is 5.73. The molecule has 0 spiro atoms. The van der Waals surface area contributed by atoms with E-state index in [9.17, 15) is 0 Å². The molecule has 0 saturated heterocycles. The highest BCUT2D eigenvalue weighted by Gasteiger charge is 2.12. The molecular formula is C14H23N.